The third kappa shape index (κ3) is 3.70. The SMILES string of the molecule is C[n+]1[nH]nc(-c2nc(NC3CCC(N)CC3)ncc2C2CC2)c1CC1CC1. The quantitative estimate of drug-likeness (QED) is 0.679. The molecule has 0 unspecified atom stereocenters. The van der Waals surface area contributed by atoms with E-state index in [0.29, 0.717) is 18.0 Å². The number of hydrogen-bond donors (Lipinski definition) is 3. The summed E-state index contributed by atoms with van der Waals surface area (Å²) in [4.78, 5) is 9.62. The van der Waals surface area contributed by atoms with Crippen molar-refractivity contribution in [3.63, 3.8) is 0 Å². The fourth-order valence-corrected chi connectivity index (χ4v) is 4.22. The Morgan fingerprint density at radius 2 is 1.89 bits per heavy atom. The van der Waals surface area contributed by atoms with Gasteiger partial charge in [0.25, 0.3) is 5.69 Å². The molecule has 0 aromatic carbocycles. The Morgan fingerprint density at radius 3 is 2.59 bits per heavy atom. The highest BCUT2D eigenvalue weighted by Gasteiger charge is 2.35. The molecular formula is C20H30N7+. The van der Waals surface area contributed by atoms with Gasteiger partial charge >= 0.3 is 0 Å². The average molecular weight is 369 g/mol. The van der Waals surface area contributed by atoms with Gasteiger partial charge in [-0.25, -0.2) is 9.97 Å². The molecule has 27 heavy (non-hydrogen) atoms. The maximum Gasteiger partial charge on any atom is 0.270 e. The first-order valence-electron chi connectivity index (χ1n) is 10.5. The van der Waals surface area contributed by atoms with Gasteiger partial charge in [0, 0.05) is 35.4 Å². The molecule has 2 aromatic heterocycles. The van der Waals surface area contributed by atoms with Crippen LogP contribution in [0, 0.1) is 5.92 Å². The molecule has 0 radical (unpaired) electrons. The van der Waals surface area contributed by atoms with Gasteiger partial charge < -0.3 is 11.1 Å². The monoisotopic (exact) mass is 368 g/mol. The number of aromatic amines is 1. The molecule has 2 heterocycles. The fourth-order valence-electron chi connectivity index (χ4n) is 4.22. The number of nitrogens with zero attached hydrogens (tertiary/aromatic N) is 4. The van der Waals surface area contributed by atoms with Crippen molar-refractivity contribution in [2.75, 3.05) is 5.32 Å². The van der Waals surface area contributed by atoms with E-state index in [4.69, 9.17) is 10.7 Å². The molecule has 0 saturated heterocycles. The predicted octanol–water partition coefficient (Wildman–Crippen LogP) is 2.20. The molecule has 0 amide bonds. The Morgan fingerprint density at radius 1 is 1.11 bits per heavy atom. The van der Waals surface area contributed by atoms with Gasteiger partial charge in [-0.2, -0.15) is 4.68 Å². The third-order valence-electron chi connectivity index (χ3n) is 6.33. The predicted molar refractivity (Wildman–Crippen MR) is 103 cm³/mol. The molecule has 0 atom stereocenters. The van der Waals surface area contributed by atoms with Crippen LogP contribution in [0.15, 0.2) is 6.20 Å². The Labute approximate surface area is 160 Å². The lowest BCUT2D eigenvalue weighted by atomic mass is 9.92. The summed E-state index contributed by atoms with van der Waals surface area (Å²) in [5.41, 5.74) is 10.6. The number of anilines is 1. The molecular weight excluding hydrogens is 338 g/mol. The standard InChI is InChI=1S/C20H29N7/c1-27-17(10-12-2-3-12)19(25-26-27)18-16(13-4-5-13)11-22-20(24-18)23-15-8-6-14(21)7-9-15/h11-15H,2-10,21H2,1H3,(H,22,23,24)/p+1. The number of H-pyrrole nitrogens is 1. The highest BCUT2D eigenvalue weighted by Crippen LogP contribution is 2.44. The lowest BCUT2D eigenvalue weighted by Crippen LogP contribution is -2.35. The van der Waals surface area contributed by atoms with Crippen LogP contribution in [0.3, 0.4) is 0 Å². The second-order valence-corrected chi connectivity index (χ2v) is 8.74. The molecule has 0 spiro atoms. The van der Waals surface area contributed by atoms with Crippen LogP contribution in [0.5, 0.6) is 0 Å². The Hall–Kier alpha value is -2.02. The zero-order valence-corrected chi connectivity index (χ0v) is 16.1. The van der Waals surface area contributed by atoms with Crippen molar-refractivity contribution >= 4 is 5.95 Å². The van der Waals surface area contributed by atoms with Crippen LogP contribution in [0.4, 0.5) is 5.95 Å². The number of aryl methyl sites for hydroxylation is 1. The van der Waals surface area contributed by atoms with E-state index in [1.165, 1.54) is 36.9 Å². The smallest absolute Gasteiger partial charge is 0.270 e. The minimum atomic E-state index is 0.353. The molecule has 144 valence electrons. The molecule has 0 bridgehead atoms. The zero-order valence-electron chi connectivity index (χ0n) is 16.1. The average Bonchev–Trinajstić information content (AvgIpc) is 3.58. The van der Waals surface area contributed by atoms with Crippen LogP contribution < -0.4 is 15.7 Å². The molecule has 0 aliphatic heterocycles. The van der Waals surface area contributed by atoms with Gasteiger partial charge in [0.05, 0.1) is 0 Å². The Bertz CT molecular complexity index is 814. The summed E-state index contributed by atoms with van der Waals surface area (Å²) in [5.74, 6) is 2.14. The van der Waals surface area contributed by atoms with Crippen molar-refractivity contribution in [3.8, 4) is 11.4 Å². The minimum Gasteiger partial charge on any atom is -0.351 e. The van der Waals surface area contributed by atoms with E-state index in [1.807, 2.05) is 6.20 Å². The van der Waals surface area contributed by atoms with E-state index in [1.54, 1.807) is 0 Å². The van der Waals surface area contributed by atoms with Crippen molar-refractivity contribution in [2.45, 2.75) is 75.8 Å². The second-order valence-electron chi connectivity index (χ2n) is 8.74. The molecule has 7 nitrogen and oxygen atoms in total. The van der Waals surface area contributed by atoms with Crippen LogP contribution in [0.2, 0.25) is 0 Å². The summed E-state index contributed by atoms with van der Waals surface area (Å²) in [6.45, 7) is 0. The lowest BCUT2D eigenvalue weighted by Gasteiger charge is -2.26. The molecule has 2 aromatic rings. The summed E-state index contributed by atoms with van der Waals surface area (Å²) >= 11 is 0. The molecule has 3 saturated carbocycles. The largest absolute Gasteiger partial charge is 0.351 e. The van der Waals surface area contributed by atoms with E-state index >= 15 is 0 Å². The first kappa shape index (κ1) is 17.1. The summed E-state index contributed by atoms with van der Waals surface area (Å²) in [5, 5.41) is 11.3. The van der Waals surface area contributed by atoms with Crippen LogP contribution >= 0.6 is 0 Å². The Kier molecular flexibility index (Phi) is 4.34. The van der Waals surface area contributed by atoms with Gasteiger partial charge in [0.15, 0.2) is 5.69 Å². The number of nitrogens with two attached hydrogens (primary N) is 1. The Balaban J connectivity index is 1.45. The van der Waals surface area contributed by atoms with Crippen molar-refractivity contribution in [3.05, 3.63) is 17.5 Å². The van der Waals surface area contributed by atoms with E-state index in [-0.39, 0.29) is 0 Å². The second kappa shape index (κ2) is 6.86. The van der Waals surface area contributed by atoms with E-state index < -0.39 is 0 Å². The molecule has 7 heteroatoms. The lowest BCUT2D eigenvalue weighted by molar-refractivity contribution is -0.737. The molecule has 5 rings (SSSR count). The minimum absolute atomic E-state index is 0.353. The molecule has 4 N–H and O–H groups in total. The van der Waals surface area contributed by atoms with Gasteiger partial charge in [0.2, 0.25) is 5.95 Å². The molecule has 3 fully saturated rings. The van der Waals surface area contributed by atoms with Crippen LogP contribution in [-0.4, -0.2) is 32.4 Å². The van der Waals surface area contributed by atoms with Gasteiger partial charge in [0.1, 0.15) is 12.7 Å². The zero-order chi connectivity index (χ0) is 18.4. The summed E-state index contributed by atoms with van der Waals surface area (Å²) < 4.78 is 2.06. The number of aromatic nitrogens is 5. The highest BCUT2D eigenvalue weighted by molar-refractivity contribution is 5.63. The summed E-state index contributed by atoms with van der Waals surface area (Å²) in [6.07, 6.45) is 12.6. The maximum absolute atomic E-state index is 6.04. The van der Waals surface area contributed by atoms with Gasteiger partial charge in [-0.3, -0.25) is 0 Å². The van der Waals surface area contributed by atoms with E-state index in [9.17, 15) is 0 Å². The fraction of sp³-hybridized carbons (Fsp3) is 0.700. The van der Waals surface area contributed by atoms with Crippen molar-refractivity contribution in [2.24, 2.45) is 18.7 Å². The third-order valence-corrected chi connectivity index (χ3v) is 6.33. The number of hydrogen-bond acceptors (Lipinski definition) is 5. The highest BCUT2D eigenvalue weighted by atomic mass is 15.4. The van der Waals surface area contributed by atoms with Gasteiger partial charge in [-0.15, -0.1) is 0 Å². The van der Waals surface area contributed by atoms with Crippen LogP contribution in [0.1, 0.15) is 68.5 Å². The number of nitrogens with one attached hydrogen (secondary N) is 2. The van der Waals surface area contributed by atoms with Gasteiger partial charge in [-0.1, -0.05) is 5.21 Å². The van der Waals surface area contributed by atoms with E-state index in [2.05, 4.69) is 32.3 Å². The number of rotatable bonds is 6. The van der Waals surface area contributed by atoms with Crippen molar-refractivity contribution < 1.29 is 4.68 Å². The summed E-state index contributed by atoms with van der Waals surface area (Å²) in [7, 11) is 2.05. The van der Waals surface area contributed by atoms with Crippen molar-refractivity contribution in [1.29, 1.82) is 0 Å². The van der Waals surface area contributed by atoms with Crippen LogP contribution in [0.25, 0.3) is 11.4 Å². The van der Waals surface area contributed by atoms with E-state index in [0.717, 1.165) is 55.4 Å². The topological polar surface area (TPSA) is 96.4 Å². The first-order valence-corrected chi connectivity index (χ1v) is 10.5. The van der Waals surface area contributed by atoms with Crippen LogP contribution in [-0.2, 0) is 13.5 Å². The first-order chi connectivity index (χ1) is 13.2. The van der Waals surface area contributed by atoms with Gasteiger partial charge in [-0.05, 0) is 63.2 Å². The summed E-state index contributed by atoms with van der Waals surface area (Å²) in [6, 6.07) is 0.775. The normalized spacial score (nSPS) is 25.6. The van der Waals surface area contributed by atoms with Crippen molar-refractivity contribution in [1.82, 2.24) is 20.3 Å². The molecule has 3 aliphatic carbocycles. The molecule has 3 aliphatic rings. The maximum atomic E-state index is 6.04.